The number of nitrogens with two attached hydrogens (primary N) is 1. The largest absolute Gasteiger partial charge is 0.460 e. The number of alkyl halides is 3. The van der Waals surface area contributed by atoms with Crippen LogP contribution in [0.3, 0.4) is 0 Å². The van der Waals surface area contributed by atoms with Crippen LogP contribution in [0.4, 0.5) is 0 Å². The summed E-state index contributed by atoms with van der Waals surface area (Å²) in [4.78, 5) is 23.5. The number of rotatable bonds is 3. The van der Waals surface area contributed by atoms with Crippen LogP contribution < -0.4 is 11.2 Å². The molecule has 1 heterocycles. The first-order chi connectivity index (χ1) is 8.70. The van der Waals surface area contributed by atoms with Gasteiger partial charge in [-0.2, -0.15) is 0 Å². The molecule has 6 nitrogen and oxygen atoms in total. The summed E-state index contributed by atoms with van der Waals surface area (Å²) in [5.41, 5.74) is 8.27. The van der Waals surface area contributed by atoms with Crippen molar-refractivity contribution in [3.63, 3.8) is 0 Å². The van der Waals surface area contributed by atoms with Gasteiger partial charge in [-0.25, -0.2) is 5.43 Å². The molecule has 0 aromatic heterocycles. The standard InChI is InChI=1S/C10H16Cl3N3O3/c1-6(14)8(17)16-4-2-3-7(15-16)9(18)19-5-10(11,12)13/h6-7,15H,2-5,14H2,1H3/t6?,7-/m0/s1. The lowest BCUT2D eigenvalue weighted by Crippen LogP contribution is -2.58. The third-order valence-corrected chi connectivity index (χ3v) is 2.83. The molecule has 0 spiro atoms. The second kappa shape index (κ2) is 6.95. The zero-order chi connectivity index (χ0) is 14.6. The first-order valence-electron chi connectivity index (χ1n) is 5.77. The molecule has 3 N–H and O–H groups in total. The van der Waals surface area contributed by atoms with Gasteiger partial charge in [-0.1, -0.05) is 34.8 Å². The van der Waals surface area contributed by atoms with Crippen LogP contribution in [-0.2, 0) is 14.3 Å². The number of esters is 1. The topological polar surface area (TPSA) is 84.7 Å². The van der Waals surface area contributed by atoms with Crippen molar-refractivity contribution in [3.8, 4) is 0 Å². The quantitative estimate of drug-likeness (QED) is 0.588. The fourth-order valence-electron chi connectivity index (χ4n) is 1.61. The number of carbonyl (C=O) groups is 2. The Morgan fingerprint density at radius 1 is 1.53 bits per heavy atom. The van der Waals surface area contributed by atoms with E-state index in [0.717, 1.165) is 0 Å². The number of hydrazine groups is 1. The first-order valence-corrected chi connectivity index (χ1v) is 6.90. The van der Waals surface area contributed by atoms with Crippen LogP contribution in [0, 0.1) is 0 Å². The lowest BCUT2D eigenvalue weighted by molar-refractivity contribution is -0.152. The van der Waals surface area contributed by atoms with Gasteiger partial charge in [0.15, 0.2) is 0 Å². The number of hydrogen-bond donors (Lipinski definition) is 2. The van der Waals surface area contributed by atoms with Gasteiger partial charge in [0, 0.05) is 6.54 Å². The summed E-state index contributed by atoms with van der Waals surface area (Å²) in [6.07, 6.45) is 1.21. The smallest absolute Gasteiger partial charge is 0.325 e. The fraction of sp³-hybridized carbons (Fsp3) is 0.800. The predicted molar refractivity (Wildman–Crippen MR) is 72.8 cm³/mol. The molecule has 1 aliphatic heterocycles. The second-order valence-corrected chi connectivity index (χ2v) is 6.84. The Labute approximate surface area is 126 Å². The Morgan fingerprint density at radius 2 is 2.16 bits per heavy atom. The highest BCUT2D eigenvalue weighted by atomic mass is 35.6. The van der Waals surface area contributed by atoms with Gasteiger partial charge in [0.05, 0.1) is 6.04 Å². The number of carbonyl (C=O) groups excluding carboxylic acids is 2. The highest BCUT2D eigenvalue weighted by Crippen LogP contribution is 2.26. The van der Waals surface area contributed by atoms with Crippen molar-refractivity contribution in [2.45, 2.75) is 35.6 Å². The molecule has 19 heavy (non-hydrogen) atoms. The highest BCUT2D eigenvalue weighted by molar-refractivity contribution is 6.67. The Balaban J connectivity index is 2.50. The number of halogens is 3. The molecule has 2 atom stereocenters. The van der Waals surface area contributed by atoms with Crippen LogP contribution in [0.15, 0.2) is 0 Å². The molecule has 0 saturated carbocycles. The molecule has 0 bridgehead atoms. The van der Waals surface area contributed by atoms with E-state index in [1.165, 1.54) is 5.01 Å². The van der Waals surface area contributed by atoms with Crippen LogP contribution >= 0.6 is 34.8 Å². The zero-order valence-corrected chi connectivity index (χ0v) is 12.6. The average Bonchev–Trinajstić information content (AvgIpc) is 2.34. The maximum absolute atomic E-state index is 11.8. The number of hydrogen-bond acceptors (Lipinski definition) is 5. The van der Waals surface area contributed by atoms with E-state index in [0.29, 0.717) is 19.4 Å². The minimum Gasteiger partial charge on any atom is -0.460 e. The molecule has 1 unspecified atom stereocenters. The monoisotopic (exact) mass is 331 g/mol. The highest BCUT2D eigenvalue weighted by Gasteiger charge is 2.31. The Morgan fingerprint density at radius 3 is 2.68 bits per heavy atom. The van der Waals surface area contributed by atoms with Gasteiger partial charge in [-0.3, -0.25) is 14.6 Å². The van der Waals surface area contributed by atoms with Gasteiger partial charge >= 0.3 is 5.97 Å². The van der Waals surface area contributed by atoms with E-state index in [4.69, 9.17) is 45.3 Å². The minimum absolute atomic E-state index is 0.279. The maximum atomic E-state index is 11.8. The van der Waals surface area contributed by atoms with Crippen LogP contribution in [-0.4, -0.2) is 45.9 Å². The van der Waals surface area contributed by atoms with Crippen LogP contribution in [0.1, 0.15) is 19.8 Å². The van der Waals surface area contributed by atoms with E-state index >= 15 is 0 Å². The van der Waals surface area contributed by atoms with Crippen molar-refractivity contribution < 1.29 is 14.3 Å². The summed E-state index contributed by atoms with van der Waals surface area (Å²) in [5, 5.41) is 1.33. The van der Waals surface area contributed by atoms with E-state index in [1.54, 1.807) is 6.92 Å². The first kappa shape index (κ1) is 16.8. The molecule has 0 radical (unpaired) electrons. The van der Waals surface area contributed by atoms with Crippen LogP contribution in [0.25, 0.3) is 0 Å². The normalized spacial score (nSPS) is 21.9. The molecule has 1 aliphatic rings. The van der Waals surface area contributed by atoms with E-state index in [-0.39, 0.29) is 12.5 Å². The van der Waals surface area contributed by atoms with Crippen molar-refractivity contribution >= 4 is 46.7 Å². The summed E-state index contributed by atoms with van der Waals surface area (Å²) in [7, 11) is 0. The predicted octanol–water partition coefficient (Wildman–Crippen LogP) is 0.743. The molecule has 1 fully saturated rings. The SMILES string of the molecule is CC(N)C(=O)N1CCC[C@@H](C(=O)OCC(Cl)(Cl)Cl)N1. The zero-order valence-electron chi connectivity index (χ0n) is 10.4. The fourth-order valence-corrected chi connectivity index (χ4v) is 1.78. The van der Waals surface area contributed by atoms with E-state index in [1.807, 2.05) is 0 Å². The summed E-state index contributed by atoms with van der Waals surface area (Å²) in [6, 6.07) is -1.27. The molecule has 1 amide bonds. The van der Waals surface area contributed by atoms with Gasteiger partial charge in [0.1, 0.15) is 12.6 Å². The van der Waals surface area contributed by atoms with Crippen molar-refractivity contribution in [2.24, 2.45) is 5.73 Å². The van der Waals surface area contributed by atoms with Gasteiger partial charge in [0.25, 0.3) is 5.91 Å². The maximum Gasteiger partial charge on any atom is 0.325 e. The van der Waals surface area contributed by atoms with Gasteiger partial charge < -0.3 is 10.5 Å². The summed E-state index contributed by atoms with van der Waals surface area (Å²) in [6.45, 7) is 1.74. The molecule has 0 aromatic rings. The summed E-state index contributed by atoms with van der Waals surface area (Å²) >= 11 is 16.5. The number of nitrogens with zero attached hydrogens (tertiary/aromatic N) is 1. The Bertz CT molecular complexity index is 347. The van der Waals surface area contributed by atoms with Crippen molar-refractivity contribution in [1.29, 1.82) is 0 Å². The number of ether oxygens (including phenoxy) is 1. The number of nitrogens with one attached hydrogen (secondary N) is 1. The molecule has 0 aromatic carbocycles. The number of amides is 1. The molecular formula is C10H16Cl3N3O3. The van der Waals surface area contributed by atoms with Gasteiger partial charge in [-0.15, -0.1) is 0 Å². The lowest BCUT2D eigenvalue weighted by Gasteiger charge is -2.33. The van der Waals surface area contributed by atoms with E-state index < -0.39 is 21.8 Å². The van der Waals surface area contributed by atoms with Crippen molar-refractivity contribution in [2.75, 3.05) is 13.2 Å². The summed E-state index contributed by atoms with van der Waals surface area (Å²) < 4.78 is 3.22. The van der Waals surface area contributed by atoms with Gasteiger partial charge in [0.2, 0.25) is 3.79 Å². The lowest BCUT2D eigenvalue weighted by atomic mass is 10.1. The van der Waals surface area contributed by atoms with E-state index in [9.17, 15) is 9.59 Å². The molecule has 110 valence electrons. The molecule has 1 rings (SSSR count). The van der Waals surface area contributed by atoms with Crippen LogP contribution in [0.5, 0.6) is 0 Å². The van der Waals surface area contributed by atoms with Crippen molar-refractivity contribution in [3.05, 3.63) is 0 Å². The van der Waals surface area contributed by atoms with E-state index in [2.05, 4.69) is 5.43 Å². The third kappa shape index (κ3) is 5.71. The molecule has 0 aliphatic carbocycles. The van der Waals surface area contributed by atoms with Gasteiger partial charge in [-0.05, 0) is 19.8 Å². The average molecular weight is 333 g/mol. The molecule has 9 heteroatoms. The van der Waals surface area contributed by atoms with Crippen molar-refractivity contribution in [1.82, 2.24) is 10.4 Å². The Kier molecular flexibility index (Phi) is 6.14. The molecule has 1 saturated heterocycles. The van der Waals surface area contributed by atoms with Crippen LogP contribution in [0.2, 0.25) is 0 Å². The third-order valence-electron chi connectivity index (χ3n) is 2.50. The minimum atomic E-state index is -1.65. The molecular weight excluding hydrogens is 316 g/mol. The summed E-state index contributed by atoms with van der Waals surface area (Å²) in [5.74, 6) is -0.840. The Hall–Kier alpha value is -0.270. The second-order valence-electron chi connectivity index (χ2n) is 4.33.